The number of aromatic nitrogens is 3. The zero-order valence-electron chi connectivity index (χ0n) is 16.4. The monoisotopic (exact) mass is 391 g/mol. The molecule has 0 aliphatic carbocycles. The molecule has 3 aromatic rings. The van der Waals surface area contributed by atoms with Crippen LogP contribution in [0.4, 0.5) is 11.5 Å². The second kappa shape index (κ2) is 8.61. The van der Waals surface area contributed by atoms with E-state index in [0.29, 0.717) is 5.82 Å². The molecule has 144 valence electrons. The van der Waals surface area contributed by atoms with Gasteiger partial charge in [-0.2, -0.15) is 11.8 Å². The number of rotatable bonds is 5. The molecule has 5 nitrogen and oxygen atoms in total. The van der Waals surface area contributed by atoms with E-state index in [1.54, 1.807) is 6.20 Å². The van der Waals surface area contributed by atoms with Gasteiger partial charge in [-0.3, -0.25) is 4.98 Å². The summed E-state index contributed by atoms with van der Waals surface area (Å²) in [7, 11) is 0. The summed E-state index contributed by atoms with van der Waals surface area (Å²) in [4.78, 5) is 16.2. The lowest BCUT2D eigenvalue weighted by Crippen LogP contribution is -2.32. The van der Waals surface area contributed by atoms with Gasteiger partial charge in [0.25, 0.3) is 0 Å². The minimum absolute atomic E-state index is 0.657. The topological polar surface area (TPSA) is 53.9 Å². The SMILES string of the molecule is Cc1nc(-c2ccccn2)nc(NCc2ccc(N3CCSCC3)cc2)c1C. The first-order valence-corrected chi connectivity index (χ1v) is 10.8. The van der Waals surface area contributed by atoms with Crippen LogP contribution in [0.1, 0.15) is 16.8 Å². The lowest BCUT2D eigenvalue weighted by Gasteiger charge is -2.28. The number of anilines is 2. The molecule has 0 spiro atoms. The van der Waals surface area contributed by atoms with Gasteiger partial charge in [0.05, 0.1) is 0 Å². The fourth-order valence-corrected chi connectivity index (χ4v) is 4.15. The highest BCUT2D eigenvalue weighted by Crippen LogP contribution is 2.22. The summed E-state index contributed by atoms with van der Waals surface area (Å²) in [5.74, 6) is 3.96. The number of aryl methyl sites for hydroxylation is 1. The zero-order chi connectivity index (χ0) is 19.3. The molecule has 0 saturated carbocycles. The average molecular weight is 392 g/mol. The highest BCUT2D eigenvalue weighted by Gasteiger charge is 2.12. The summed E-state index contributed by atoms with van der Waals surface area (Å²) >= 11 is 2.04. The highest BCUT2D eigenvalue weighted by atomic mass is 32.2. The van der Waals surface area contributed by atoms with E-state index in [1.165, 1.54) is 22.8 Å². The number of thioether (sulfide) groups is 1. The smallest absolute Gasteiger partial charge is 0.180 e. The van der Waals surface area contributed by atoms with Crippen molar-refractivity contribution in [2.45, 2.75) is 20.4 Å². The molecule has 0 radical (unpaired) electrons. The van der Waals surface area contributed by atoms with Crippen molar-refractivity contribution in [3.63, 3.8) is 0 Å². The van der Waals surface area contributed by atoms with Gasteiger partial charge in [0.2, 0.25) is 0 Å². The lowest BCUT2D eigenvalue weighted by molar-refractivity contribution is 0.858. The fraction of sp³-hybridized carbons (Fsp3) is 0.318. The van der Waals surface area contributed by atoms with Gasteiger partial charge in [-0.05, 0) is 43.7 Å². The van der Waals surface area contributed by atoms with Crippen molar-refractivity contribution in [1.29, 1.82) is 0 Å². The Morgan fingerprint density at radius 1 is 1.00 bits per heavy atom. The molecule has 0 unspecified atom stereocenters. The Bertz CT molecular complexity index is 922. The molecule has 3 heterocycles. The van der Waals surface area contributed by atoms with Crippen molar-refractivity contribution in [3.05, 3.63) is 65.5 Å². The van der Waals surface area contributed by atoms with Crippen molar-refractivity contribution in [2.75, 3.05) is 34.8 Å². The van der Waals surface area contributed by atoms with Gasteiger partial charge in [-0.25, -0.2) is 9.97 Å². The van der Waals surface area contributed by atoms with Crippen LogP contribution in [0, 0.1) is 13.8 Å². The van der Waals surface area contributed by atoms with Gasteiger partial charge in [0.1, 0.15) is 11.5 Å². The van der Waals surface area contributed by atoms with E-state index in [9.17, 15) is 0 Å². The fourth-order valence-electron chi connectivity index (χ4n) is 3.24. The van der Waals surface area contributed by atoms with Crippen LogP contribution in [0.5, 0.6) is 0 Å². The molecule has 28 heavy (non-hydrogen) atoms. The largest absolute Gasteiger partial charge is 0.370 e. The summed E-state index contributed by atoms with van der Waals surface area (Å²) in [6, 6.07) is 14.6. The molecule has 1 aliphatic heterocycles. The lowest BCUT2D eigenvalue weighted by atomic mass is 10.1. The molecular weight excluding hydrogens is 366 g/mol. The molecule has 1 N–H and O–H groups in total. The van der Waals surface area contributed by atoms with Crippen LogP contribution >= 0.6 is 11.8 Å². The second-order valence-corrected chi connectivity index (χ2v) is 8.17. The number of pyridine rings is 1. The third kappa shape index (κ3) is 4.28. The Balaban J connectivity index is 1.48. The van der Waals surface area contributed by atoms with E-state index in [4.69, 9.17) is 4.98 Å². The summed E-state index contributed by atoms with van der Waals surface area (Å²) in [5, 5.41) is 3.48. The van der Waals surface area contributed by atoms with Gasteiger partial charge in [0.15, 0.2) is 5.82 Å². The minimum Gasteiger partial charge on any atom is -0.370 e. The molecule has 1 aliphatic rings. The number of benzene rings is 1. The third-order valence-corrected chi connectivity index (χ3v) is 6.00. The van der Waals surface area contributed by atoms with E-state index in [0.717, 1.165) is 42.4 Å². The number of hydrogen-bond acceptors (Lipinski definition) is 6. The minimum atomic E-state index is 0.657. The predicted octanol–water partition coefficient (Wildman–Crippen LogP) is 4.32. The molecule has 0 bridgehead atoms. The molecule has 1 aromatic carbocycles. The maximum absolute atomic E-state index is 4.71. The first-order valence-electron chi connectivity index (χ1n) is 9.63. The van der Waals surface area contributed by atoms with E-state index in [1.807, 2.05) is 36.9 Å². The third-order valence-electron chi connectivity index (χ3n) is 5.06. The van der Waals surface area contributed by atoms with Crippen LogP contribution < -0.4 is 10.2 Å². The quantitative estimate of drug-likeness (QED) is 0.699. The first-order chi connectivity index (χ1) is 13.7. The number of nitrogens with zero attached hydrogens (tertiary/aromatic N) is 4. The molecular formula is C22H25N5S. The first kappa shape index (κ1) is 18.7. The summed E-state index contributed by atoms with van der Waals surface area (Å²) in [6.07, 6.45) is 1.77. The Labute approximate surface area is 170 Å². The normalized spacial score (nSPS) is 14.1. The highest BCUT2D eigenvalue weighted by molar-refractivity contribution is 7.99. The molecule has 6 heteroatoms. The Morgan fingerprint density at radius 2 is 1.79 bits per heavy atom. The summed E-state index contributed by atoms with van der Waals surface area (Å²) < 4.78 is 0. The van der Waals surface area contributed by atoms with E-state index < -0.39 is 0 Å². The molecule has 4 rings (SSSR count). The van der Waals surface area contributed by atoms with Crippen LogP contribution in [0.15, 0.2) is 48.7 Å². The molecule has 0 amide bonds. The summed E-state index contributed by atoms with van der Waals surface area (Å²) in [6.45, 7) is 7.07. The van der Waals surface area contributed by atoms with E-state index >= 15 is 0 Å². The van der Waals surface area contributed by atoms with E-state index in [-0.39, 0.29) is 0 Å². The van der Waals surface area contributed by atoms with Crippen LogP contribution in [0.25, 0.3) is 11.5 Å². The Kier molecular flexibility index (Phi) is 5.76. The zero-order valence-corrected chi connectivity index (χ0v) is 17.2. The molecule has 1 fully saturated rings. The Hall–Kier alpha value is -2.60. The van der Waals surface area contributed by atoms with Gasteiger partial charge in [0, 0.05) is 54.3 Å². The van der Waals surface area contributed by atoms with Crippen LogP contribution in [0.2, 0.25) is 0 Å². The maximum Gasteiger partial charge on any atom is 0.180 e. The van der Waals surface area contributed by atoms with Gasteiger partial charge in [-0.15, -0.1) is 0 Å². The van der Waals surface area contributed by atoms with Gasteiger partial charge < -0.3 is 10.2 Å². The van der Waals surface area contributed by atoms with Crippen molar-refractivity contribution >= 4 is 23.3 Å². The molecule has 2 aromatic heterocycles. The van der Waals surface area contributed by atoms with Crippen LogP contribution in [-0.4, -0.2) is 39.5 Å². The number of hydrogen-bond donors (Lipinski definition) is 1. The van der Waals surface area contributed by atoms with Gasteiger partial charge in [-0.1, -0.05) is 18.2 Å². The number of nitrogens with one attached hydrogen (secondary N) is 1. The molecule has 1 saturated heterocycles. The van der Waals surface area contributed by atoms with Crippen molar-refractivity contribution in [1.82, 2.24) is 15.0 Å². The van der Waals surface area contributed by atoms with Crippen molar-refractivity contribution in [3.8, 4) is 11.5 Å². The Morgan fingerprint density at radius 3 is 2.50 bits per heavy atom. The maximum atomic E-state index is 4.71. The predicted molar refractivity (Wildman–Crippen MR) is 118 cm³/mol. The van der Waals surface area contributed by atoms with E-state index in [2.05, 4.69) is 51.4 Å². The van der Waals surface area contributed by atoms with Crippen molar-refractivity contribution < 1.29 is 0 Å². The average Bonchev–Trinajstić information content (AvgIpc) is 2.76. The van der Waals surface area contributed by atoms with Crippen LogP contribution in [-0.2, 0) is 6.54 Å². The van der Waals surface area contributed by atoms with Crippen molar-refractivity contribution in [2.24, 2.45) is 0 Å². The standard InChI is InChI=1S/C22H25N5S/c1-16-17(2)25-22(20-5-3-4-10-23-20)26-21(16)24-15-18-6-8-19(9-7-18)27-11-13-28-14-12-27/h3-10H,11-15H2,1-2H3,(H,24,25,26). The molecule has 0 atom stereocenters. The summed E-state index contributed by atoms with van der Waals surface area (Å²) in [5.41, 5.74) is 5.39. The van der Waals surface area contributed by atoms with Gasteiger partial charge >= 0.3 is 0 Å². The second-order valence-electron chi connectivity index (χ2n) is 6.94. The van der Waals surface area contributed by atoms with Crippen LogP contribution in [0.3, 0.4) is 0 Å².